The van der Waals surface area contributed by atoms with E-state index < -0.39 is 0 Å². The van der Waals surface area contributed by atoms with Crippen LogP contribution in [0.3, 0.4) is 0 Å². The van der Waals surface area contributed by atoms with Crippen LogP contribution in [0.2, 0.25) is 0 Å². The van der Waals surface area contributed by atoms with Crippen LogP contribution in [0, 0.1) is 5.92 Å². The first-order valence-electron chi connectivity index (χ1n) is 9.63. The lowest BCUT2D eigenvalue weighted by atomic mass is 10.0. The minimum absolute atomic E-state index is 0.125. The molecule has 0 radical (unpaired) electrons. The first-order valence-corrected chi connectivity index (χ1v) is 11.6. The molecule has 0 N–H and O–H groups in total. The number of aryl methyl sites for hydroxylation is 1. The van der Waals surface area contributed by atoms with Gasteiger partial charge in [-0.15, -0.1) is 11.8 Å². The van der Waals surface area contributed by atoms with Crippen LogP contribution in [0.15, 0.2) is 23.2 Å². The van der Waals surface area contributed by atoms with E-state index in [4.69, 9.17) is 4.74 Å². The Bertz CT molecular complexity index is 919. The van der Waals surface area contributed by atoms with Gasteiger partial charge in [-0.05, 0) is 43.9 Å². The van der Waals surface area contributed by atoms with E-state index in [1.165, 1.54) is 29.5 Å². The number of ether oxygens (including phenoxy) is 1. The molecule has 0 spiro atoms. The Kier molecular flexibility index (Phi) is 7.18. The molecular weight excluding hydrogens is 394 g/mol. The van der Waals surface area contributed by atoms with Crippen molar-refractivity contribution < 1.29 is 14.3 Å². The van der Waals surface area contributed by atoms with Gasteiger partial charge >= 0.3 is 0 Å². The van der Waals surface area contributed by atoms with E-state index in [0.717, 1.165) is 35.5 Å². The molecule has 28 heavy (non-hydrogen) atoms. The summed E-state index contributed by atoms with van der Waals surface area (Å²) in [7, 11) is 1.90. The third kappa shape index (κ3) is 5.17. The standard InChI is InChI=1S/C20H27N3O3S2/c1-4-26-15-7-8-16-17(10-15)28-20(22(16)3)21-18(24)12-27-13-19(25)23-9-5-6-14(2)11-23/h7-8,10,14H,4-6,9,11-13H2,1-3H3/t14-/m0/s1. The molecule has 1 aromatic heterocycles. The highest BCUT2D eigenvalue weighted by molar-refractivity contribution is 8.00. The van der Waals surface area contributed by atoms with E-state index in [2.05, 4.69) is 11.9 Å². The summed E-state index contributed by atoms with van der Waals surface area (Å²) in [4.78, 5) is 31.4. The zero-order chi connectivity index (χ0) is 20.1. The van der Waals surface area contributed by atoms with Gasteiger partial charge in [0.15, 0.2) is 4.80 Å². The molecule has 3 rings (SSSR count). The van der Waals surface area contributed by atoms with Crippen LogP contribution in [-0.4, -0.2) is 52.5 Å². The maximum atomic E-state index is 12.3. The Morgan fingerprint density at radius 1 is 1.36 bits per heavy atom. The number of fused-ring (bicyclic) bond motifs is 1. The minimum Gasteiger partial charge on any atom is -0.494 e. The van der Waals surface area contributed by atoms with Crippen molar-refractivity contribution in [1.82, 2.24) is 9.47 Å². The summed E-state index contributed by atoms with van der Waals surface area (Å²) in [5.74, 6) is 1.85. The molecule has 0 aliphatic carbocycles. The fourth-order valence-corrected chi connectivity index (χ4v) is 5.11. The predicted molar refractivity (Wildman–Crippen MR) is 115 cm³/mol. The van der Waals surface area contributed by atoms with Crippen LogP contribution < -0.4 is 9.54 Å². The normalized spacial score (nSPS) is 17.9. The maximum absolute atomic E-state index is 12.3. The van der Waals surface area contributed by atoms with Crippen molar-refractivity contribution >= 4 is 45.1 Å². The molecule has 2 amide bonds. The predicted octanol–water partition coefficient (Wildman–Crippen LogP) is 3.06. The van der Waals surface area contributed by atoms with Crippen LogP contribution in [0.4, 0.5) is 0 Å². The smallest absolute Gasteiger partial charge is 0.258 e. The summed E-state index contributed by atoms with van der Waals surface area (Å²) in [5.41, 5.74) is 1.02. The monoisotopic (exact) mass is 421 g/mol. The number of thiazole rings is 1. The van der Waals surface area contributed by atoms with Crippen LogP contribution in [0.1, 0.15) is 26.7 Å². The van der Waals surface area contributed by atoms with Gasteiger partial charge in [-0.1, -0.05) is 18.3 Å². The number of nitrogens with zero attached hydrogens (tertiary/aromatic N) is 3. The Morgan fingerprint density at radius 2 is 2.18 bits per heavy atom. The Balaban J connectivity index is 1.59. The molecule has 1 aliphatic heterocycles. The van der Waals surface area contributed by atoms with Crippen LogP contribution in [0.25, 0.3) is 10.2 Å². The number of likely N-dealkylation sites (tertiary alicyclic amines) is 1. The topological polar surface area (TPSA) is 63.9 Å². The second-order valence-electron chi connectivity index (χ2n) is 7.09. The number of carbonyl (C=O) groups excluding carboxylic acids is 2. The van der Waals surface area contributed by atoms with Crippen LogP contribution in [-0.2, 0) is 16.6 Å². The molecular formula is C20H27N3O3S2. The van der Waals surface area contributed by atoms with E-state index in [0.29, 0.717) is 23.1 Å². The van der Waals surface area contributed by atoms with Crippen molar-refractivity contribution in [2.24, 2.45) is 18.0 Å². The highest BCUT2D eigenvalue weighted by atomic mass is 32.2. The Hall–Kier alpha value is -1.80. The van der Waals surface area contributed by atoms with E-state index in [1.807, 2.05) is 41.6 Å². The Morgan fingerprint density at radius 3 is 2.93 bits per heavy atom. The van der Waals surface area contributed by atoms with Gasteiger partial charge in [0, 0.05) is 20.1 Å². The number of rotatable bonds is 6. The SMILES string of the molecule is CCOc1ccc2c(c1)sc(=NC(=O)CSCC(=O)N1CCC[C@H](C)C1)n2C. The molecule has 2 aromatic rings. The molecule has 0 saturated carbocycles. The summed E-state index contributed by atoms with van der Waals surface area (Å²) in [6.07, 6.45) is 2.26. The first kappa shape index (κ1) is 20.9. The van der Waals surface area contributed by atoms with Crippen LogP contribution >= 0.6 is 23.1 Å². The quantitative estimate of drug-likeness (QED) is 0.719. The fourth-order valence-electron chi connectivity index (χ4n) is 3.35. The van der Waals surface area contributed by atoms with Crippen molar-refractivity contribution in [3.8, 4) is 5.75 Å². The molecule has 2 heterocycles. The molecule has 1 atom stereocenters. The Labute approximate surface area is 173 Å². The van der Waals surface area contributed by atoms with E-state index in [-0.39, 0.29) is 17.6 Å². The number of thioether (sulfide) groups is 1. The van der Waals surface area contributed by atoms with Gasteiger partial charge in [0.25, 0.3) is 5.91 Å². The third-order valence-electron chi connectivity index (χ3n) is 4.77. The zero-order valence-electron chi connectivity index (χ0n) is 16.6. The average Bonchev–Trinajstić information content (AvgIpc) is 2.97. The molecule has 1 aliphatic rings. The molecule has 1 saturated heterocycles. The van der Waals surface area contributed by atoms with Crippen molar-refractivity contribution in [2.75, 3.05) is 31.2 Å². The van der Waals surface area contributed by atoms with Gasteiger partial charge in [-0.25, -0.2) is 0 Å². The van der Waals surface area contributed by atoms with Crippen molar-refractivity contribution in [3.63, 3.8) is 0 Å². The van der Waals surface area contributed by atoms with Crippen molar-refractivity contribution in [1.29, 1.82) is 0 Å². The van der Waals surface area contributed by atoms with E-state index in [1.54, 1.807) is 0 Å². The summed E-state index contributed by atoms with van der Waals surface area (Å²) in [6, 6.07) is 5.88. The minimum atomic E-state index is -0.211. The zero-order valence-corrected chi connectivity index (χ0v) is 18.3. The van der Waals surface area contributed by atoms with Gasteiger partial charge in [-0.3, -0.25) is 9.59 Å². The number of benzene rings is 1. The average molecular weight is 422 g/mol. The van der Waals surface area contributed by atoms with Gasteiger partial charge < -0.3 is 14.2 Å². The molecule has 0 bridgehead atoms. The first-order chi connectivity index (χ1) is 13.5. The largest absolute Gasteiger partial charge is 0.494 e. The number of hydrogen-bond donors (Lipinski definition) is 0. The number of amides is 2. The lowest BCUT2D eigenvalue weighted by Crippen LogP contribution is -2.40. The molecule has 8 heteroatoms. The lowest BCUT2D eigenvalue weighted by molar-refractivity contribution is -0.130. The molecule has 1 fully saturated rings. The number of hydrogen-bond acceptors (Lipinski definition) is 5. The summed E-state index contributed by atoms with van der Waals surface area (Å²) >= 11 is 2.81. The second kappa shape index (κ2) is 9.60. The number of carbonyl (C=O) groups is 2. The second-order valence-corrected chi connectivity index (χ2v) is 9.09. The number of aromatic nitrogens is 1. The maximum Gasteiger partial charge on any atom is 0.258 e. The highest BCUT2D eigenvalue weighted by Crippen LogP contribution is 2.23. The molecule has 0 unspecified atom stereocenters. The van der Waals surface area contributed by atoms with Gasteiger partial charge in [-0.2, -0.15) is 4.99 Å². The van der Waals surface area contributed by atoms with E-state index >= 15 is 0 Å². The third-order valence-corrected chi connectivity index (χ3v) is 6.77. The van der Waals surface area contributed by atoms with Crippen LogP contribution in [0.5, 0.6) is 5.75 Å². The lowest BCUT2D eigenvalue weighted by Gasteiger charge is -2.30. The highest BCUT2D eigenvalue weighted by Gasteiger charge is 2.20. The van der Waals surface area contributed by atoms with Crippen molar-refractivity contribution in [2.45, 2.75) is 26.7 Å². The van der Waals surface area contributed by atoms with E-state index in [9.17, 15) is 9.59 Å². The number of piperidine rings is 1. The molecule has 6 nitrogen and oxygen atoms in total. The summed E-state index contributed by atoms with van der Waals surface area (Å²) in [6.45, 7) is 6.41. The van der Waals surface area contributed by atoms with Gasteiger partial charge in [0.1, 0.15) is 5.75 Å². The van der Waals surface area contributed by atoms with Gasteiger partial charge in [0.05, 0.1) is 28.3 Å². The van der Waals surface area contributed by atoms with Gasteiger partial charge in [0.2, 0.25) is 5.91 Å². The fraction of sp³-hybridized carbons (Fsp3) is 0.550. The van der Waals surface area contributed by atoms with Crippen molar-refractivity contribution in [3.05, 3.63) is 23.0 Å². The molecule has 152 valence electrons. The summed E-state index contributed by atoms with van der Waals surface area (Å²) in [5, 5.41) is 0. The molecule has 1 aromatic carbocycles. The summed E-state index contributed by atoms with van der Waals surface area (Å²) < 4.78 is 8.48.